The molecular formula is C14H16BrNO2. The van der Waals surface area contributed by atoms with E-state index in [1.807, 2.05) is 32.2 Å². The number of methoxy groups -OCH3 is 1. The topological polar surface area (TPSA) is 34.4 Å². The molecular weight excluding hydrogens is 294 g/mol. The molecule has 1 N–H and O–H groups in total. The molecule has 18 heavy (non-hydrogen) atoms. The van der Waals surface area contributed by atoms with Crippen LogP contribution in [-0.4, -0.2) is 14.2 Å². The maximum Gasteiger partial charge on any atom is 0.120 e. The molecule has 0 saturated heterocycles. The summed E-state index contributed by atoms with van der Waals surface area (Å²) in [4.78, 5) is 0. The van der Waals surface area contributed by atoms with Gasteiger partial charge in [0.2, 0.25) is 0 Å². The third kappa shape index (κ3) is 2.44. The van der Waals surface area contributed by atoms with Crippen molar-refractivity contribution < 1.29 is 9.15 Å². The molecule has 0 aliphatic heterocycles. The van der Waals surface area contributed by atoms with E-state index in [1.54, 1.807) is 13.4 Å². The van der Waals surface area contributed by atoms with Crippen molar-refractivity contribution in [3.05, 3.63) is 51.9 Å². The summed E-state index contributed by atoms with van der Waals surface area (Å²) in [5.74, 6) is 1.77. The fraction of sp³-hybridized carbons (Fsp3) is 0.286. The maximum atomic E-state index is 5.37. The Bertz CT molecular complexity index is 536. The van der Waals surface area contributed by atoms with Crippen LogP contribution < -0.4 is 10.1 Å². The van der Waals surface area contributed by atoms with Gasteiger partial charge in [-0.05, 0) is 37.7 Å². The van der Waals surface area contributed by atoms with Gasteiger partial charge in [-0.15, -0.1) is 0 Å². The normalized spacial score (nSPS) is 12.4. The van der Waals surface area contributed by atoms with Crippen molar-refractivity contribution in [3.8, 4) is 5.75 Å². The smallest absolute Gasteiger partial charge is 0.120 e. The molecule has 0 radical (unpaired) electrons. The summed E-state index contributed by atoms with van der Waals surface area (Å²) in [6, 6.07) is 8.07. The number of benzene rings is 1. The number of hydrogen-bond donors (Lipinski definition) is 1. The summed E-state index contributed by atoms with van der Waals surface area (Å²) in [7, 11) is 3.60. The van der Waals surface area contributed by atoms with E-state index in [9.17, 15) is 0 Å². The molecule has 4 heteroatoms. The first-order valence-electron chi connectivity index (χ1n) is 5.72. The third-order valence-corrected chi connectivity index (χ3v) is 3.70. The van der Waals surface area contributed by atoms with Crippen LogP contribution >= 0.6 is 15.9 Å². The van der Waals surface area contributed by atoms with E-state index in [-0.39, 0.29) is 6.04 Å². The Balaban J connectivity index is 2.42. The van der Waals surface area contributed by atoms with Crippen LogP contribution in [0.2, 0.25) is 0 Å². The fourth-order valence-electron chi connectivity index (χ4n) is 2.04. The van der Waals surface area contributed by atoms with Crippen LogP contribution in [0.15, 0.2) is 39.4 Å². The number of hydrogen-bond acceptors (Lipinski definition) is 3. The Hall–Kier alpha value is -1.26. The number of halogens is 1. The Morgan fingerprint density at radius 2 is 2.06 bits per heavy atom. The molecule has 2 rings (SSSR count). The molecule has 0 saturated carbocycles. The fourth-order valence-corrected chi connectivity index (χ4v) is 2.63. The molecule has 2 aromatic rings. The van der Waals surface area contributed by atoms with Crippen LogP contribution in [0.5, 0.6) is 5.75 Å². The minimum Gasteiger partial charge on any atom is -0.497 e. The summed E-state index contributed by atoms with van der Waals surface area (Å²) in [6.45, 7) is 1.97. The average Bonchev–Trinajstić information content (AvgIpc) is 2.78. The molecule has 0 aliphatic rings. The van der Waals surface area contributed by atoms with E-state index in [1.165, 1.54) is 0 Å². The van der Waals surface area contributed by atoms with Crippen molar-refractivity contribution in [2.24, 2.45) is 0 Å². The molecule has 0 bridgehead atoms. The summed E-state index contributed by atoms with van der Waals surface area (Å²) < 4.78 is 11.6. The second-order valence-corrected chi connectivity index (χ2v) is 4.90. The van der Waals surface area contributed by atoms with Crippen LogP contribution in [-0.2, 0) is 0 Å². The number of ether oxygens (including phenoxy) is 1. The molecule has 1 unspecified atom stereocenters. The van der Waals surface area contributed by atoms with Crippen LogP contribution in [0.4, 0.5) is 0 Å². The second kappa shape index (κ2) is 5.59. The molecule has 96 valence electrons. The van der Waals surface area contributed by atoms with Gasteiger partial charge in [-0.1, -0.05) is 22.0 Å². The lowest BCUT2D eigenvalue weighted by atomic mass is 9.99. The number of aryl methyl sites for hydroxylation is 1. The van der Waals surface area contributed by atoms with Gasteiger partial charge in [0.05, 0.1) is 19.4 Å². The van der Waals surface area contributed by atoms with Gasteiger partial charge in [-0.25, -0.2) is 0 Å². The first kappa shape index (κ1) is 13.2. The van der Waals surface area contributed by atoms with E-state index in [4.69, 9.17) is 9.15 Å². The van der Waals surface area contributed by atoms with Gasteiger partial charge in [-0.3, -0.25) is 0 Å². The first-order valence-corrected chi connectivity index (χ1v) is 6.51. The minimum atomic E-state index is 0.101. The largest absolute Gasteiger partial charge is 0.497 e. The molecule has 0 fully saturated rings. The minimum absolute atomic E-state index is 0.101. The highest BCUT2D eigenvalue weighted by atomic mass is 79.9. The lowest BCUT2D eigenvalue weighted by Gasteiger charge is -2.18. The van der Waals surface area contributed by atoms with E-state index in [0.29, 0.717) is 0 Å². The van der Waals surface area contributed by atoms with Crippen LogP contribution in [0, 0.1) is 6.92 Å². The molecule has 0 spiro atoms. The molecule has 0 amide bonds. The van der Waals surface area contributed by atoms with E-state index in [2.05, 4.69) is 27.3 Å². The standard InChI is InChI=1S/C14H16BrNO2/c1-9-11(6-7-18-9)14(16-2)12-5-4-10(17-3)8-13(12)15/h4-8,14,16H,1-3H3. The predicted molar refractivity (Wildman–Crippen MR) is 75.0 cm³/mol. The first-order chi connectivity index (χ1) is 8.67. The van der Waals surface area contributed by atoms with Crippen LogP contribution in [0.1, 0.15) is 22.9 Å². The lowest BCUT2D eigenvalue weighted by molar-refractivity contribution is 0.414. The summed E-state index contributed by atoms with van der Waals surface area (Å²) in [6.07, 6.45) is 1.71. The highest BCUT2D eigenvalue weighted by molar-refractivity contribution is 9.10. The summed E-state index contributed by atoms with van der Waals surface area (Å²) >= 11 is 3.59. The van der Waals surface area contributed by atoms with Crippen molar-refractivity contribution in [3.63, 3.8) is 0 Å². The highest BCUT2D eigenvalue weighted by Gasteiger charge is 2.18. The van der Waals surface area contributed by atoms with Crippen molar-refractivity contribution in [1.29, 1.82) is 0 Å². The Labute approximate surface area is 115 Å². The van der Waals surface area contributed by atoms with Gasteiger partial charge in [0.15, 0.2) is 0 Å². The second-order valence-electron chi connectivity index (χ2n) is 4.04. The van der Waals surface area contributed by atoms with E-state index in [0.717, 1.165) is 27.1 Å². The van der Waals surface area contributed by atoms with Crippen LogP contribution in [0.25, 0.3) is 0 Å². The van der Waals surface area contributed by atoms with Gasteiger partial charge in [0.25, 0.3) is 0 Å². The third-order valence-electron chi connectivity index (χ3n) is 3.02. The van der Waals surface area contributed by atoms with Gasteiger partial charge in [0, 0.05) is 10.0 Å². The van der Waals surface area contributed by atoms with Gasteiger partial charge < -0.3 is 14.5 Å². The average molecular weight is 310 g/mol. The van der Waals surface area contributed by atoms with E-state index < -0.39 is 0 Å². The van der Waals surface area contributed by atoms with Crippen molar-refractivity contribution in [2.45, 2.75) is 13.0 Å². The van der Waals surface area contributed by atoms with Gasteiger partial charge in [-0.2, -0.15) is 0 Å². The van der Waals surface area contributed by atoms with Gasteiger partial charge in [0.1, 0.15) is 11.5 Å². The lowest BCUT2D eigenvalue weighted by Crippen LogP contribution is -2.18. The zero-order chi connectivity index (χ0) is 13.1. The Kier molecular flexibility index (Phi) is 4.09. The predicted octanol–water partition coefficient (Wildman–Crippen LogP) is 3.67. The molecule has 0 aliphatic carbocycles. The molecule has 1 atom stereocenters. The van der Waals surface area contributed by atoms with Crippen molar-refractivity contribution in [1.82, 2.24) is 5.32 Å². The number of nitrogens with one attached hydrogen (secondary N) is 1. The van der Waals surface area contributed by atoms with Crippen molar-refractivity contribution in [2.75, 3.05) is 14.2 Å². The monoisotopic (exact) mass is 309 g/mol. The Morgan fingerprint density at radius 1 is 1.28 bits per heavy atom. The molecule has 1 aromatic heterocycles. The zero-order valence-electron chi connectivity index (χ0n) is 10.7. The van der Waals surface area contributed by atoms with Gasteiger partial charge >= 0.3 is 0 Å². The van der Waals surface area contributed by atoms with Crippen LogP contribution in [0.3, 0.4) is 0 Å². The summed E-state index contributed by atoms with van der Waals surface area (Å²) in [5.41, 5.74) is 2.30. The molecule has 1 heterocycles. The van der Waals surface area contributed by atoms with E-state index >= 15 is 0 Å². The number of rotatable bonds is 4. The summed E-state index contributed by atoms with van der Waals surface area (Å²) in [5, 5.41) is 3.31. The Morgan fingerprint density at radius 3 is 2.56 bits per heavy atom. The number of furan rings is 1. The zero-order valence-corrected chi connectivity index (χ0v) is 12.2. The van der Waals surface area contributed by atoms with Crippen molar-refractivity contribution >= 4 is 15.9 Å². The quantitative estimate of drug-likeness (QED) is 0.935. The molecule has 1 aromatic carbocycles. The SMILES string of the molecule is CNC(c1ccc(OC)cc1Br)c1ccoc1C. The maximum absolute atomic E-state index is 5.37. The highest BCUT2D eigenvalue weighted by Crippen LogP contribution is 2.32. The molecule has 3 nitrogen and oxygen atoms in total.